The summed E-state index contributed by atoms with van der Waals surface area (Å²) in [4.78, 5) is 14.4. The predicted octanol–water partition coefficient (Wildman–Crippen LogP) is 4.34. The van der Waals surface area contributed by atoms with Crippen LogP contribution in [-0.2, 0) is 4.79 Å². The van der Waals surface area contributed by atoms with Gasteiger partial charge >= 0.3 is 0 Å². The average Bonchev–Trinajstić information content (AvgIpc) is 2.59. The summed E-state index contributed by atoms with van der Waals surface area (Å²) < 4.78 is 0. The third-order valence-electron chi connectivity index (χ3n) is 4.52. The summed E-state index contributed by atoms with van der Waals surface area (Å²) in [6.45, 7) is 10.2. The SMILES string of the molecule is C=CCCC[C@@H](CC)C(=O)N(CC)C(O)C(C)c1ccccc1. The fourth-order valence-electron chi connectivity index (χ4n) is 2.92. The fourth-order valence-corrected chi connectivity index (χ4v) is 2.92. The van der Waals surface area contributed by atoms with Crippen LogP contribution in [0.5, 0.6) is 0 Å². The van der Waals surface area contributed by atoms with Gasteiger partial charge in [-0.25, -0.2) is 0 Å². The molecule has 3 nitrogen and oxygen atoms in total. The van der Waals surface area contributed by atoms with Crippen LogP contribution in [-0.4, -0.2) is 28.7 Å². The molecule has 0 aliphatic carbocycles. The van der Waals surface area contributed by atoms with Crippen LogP contribution < -0.4 is 0 Å². The predicted molar refractivity (Wildman–Crippen MR) is 96.1 cm³/mol. The number of nitrogens with zero attached hydrogens (tertiary/aromatic N) is 1. The number of hydrogen-bond donors (Lipinski definition) is 1. The maximum atomic E-state index is 12.8. The number of aliphatic hydroxyl groups is 1. The Morgan fingerprint density at radius 1 is 1.30 bits per heavy atom. The second-order valence-electron chi connectivity index (χ2n) is 6.06. The van der Waals surface area contributed by atoms with Gasteiger partial charge in [-0.2, -0.15) is 0 Å². The Morgan fingerprint density at radius 3 is 2.48 bits per heavy atom. The highest BCUT2D eigenvalue weighted by Gasteiger charge is 2.29. The molecule has 1 aromatic rings. The molecule has 128 valence electrons. The smallest absolute Gasteiger partial charge is 0.227 e. The molecule has 0 aromatic heterocycles. The molecule has 1 N–H and O–H groups in total. The van der Waals surface area contributed by atoms with E-state index in [1.807, 2.05) is 57.2 Å². The molecular weight excluding hydrogens is 286 g/mol. The number of rotatable bonds is 10. The van der Waals surface area contributed by atoms with E-state index in [2.05, 4.69) is 6.58 Å². The summed E-state index contributed by atoms with van der Waals surface area (Å²) >= 11 is 0. The first kappa shape index (κ1) is 19.4. The minimum absolute atomic E-state index is 0.0208. The number of carbonyl (C=O) groups is 1. The average molecular weight is 317 g/mol. The lowest BCUT2D eigenvalue weighted by atomic mass is 9.94. The van der Waals surface area contributed by atoms with Crippen molar-refractivity contribution in [3.8, 4) is 0 Å². The molecule has 0 heterocycles. The highest BCUT2D eigenvalue weighted by atomic mass is 16.3. The van der Waals surface area contributed by atoms with Crippen LogP contribution in [0.3, 0.4) is 0 Å². The lowest BCUT2D eigenvalue weighted by Gasteiger charge is -2.33. The molecule has 23 heavy (non-hydrogen) atoms. The van der Waals surface area contributed by atoms with Crippen molar-refractivity contribution in [2.75, 3.05) is 6.54 Å². The molecule has 0 bridgehead atoms. The monoisotopic (exact) mass is 317 g/mol. The van der Waals surface area contributed by atoms with Gasteiger partial charge < -0.3 is 10.0 Å². The largest absolute Gasteiger partial charge is 0.373 e. The topological polar surface area (TPSA) is 40.5 Å². The van der Waals surface area contributed by atoms with E-state index >= 15 is 0 Å². The van der Waals surface area contributed by atoms with Crippen molar-refractivity contribution in [1.82, 2.24) is 4.90 Å². The number of allylic oxidation sites excluding steroid dienone is 1. The van der Waals surface area contributed by atoms with Gasteiger partial charge in [0.15, 0.2) is 0 Å². The van der Waals surface area contributed by atoms with Gasteiger partial charge in [-0.05, 0) is 38.2 Å². The third-order valence-corrected chi connectivity index (χ3v) is 4.52. The number of likely N-dealkylation sites (N-methyl/N-ethyl adjacent to an activating group) is 1. The van der Waals surface area contributed by atoms with Gasteiger partial charge in [-0.15, -0.1) is 6.58 Å². The van der Waals surface area contributed by atoms with Gasteiger partial charge in [0, 0.05) is 18.4 Å². The van der Waals surface area contributed by atoms with E-state index in [4.69, 9.17) is 0 Å². The summed E-state index contributed by atoms with van der Waals surface area (Å²) in [5.74, 6) is -0.0624. The number of aliphatic hydroxyl groups excluding tert-OH is 1. The van der Waals surface area contributed by atoms with E-state index in [-0.39, 0.29) is 17.7 Å². The summed E-state index contributed by atoms with van der Waals surface area (Å²) in [7, 11) is 0. The molecule has 0 aliphatic heterocycles. The molecule has 0 aliphatic rings. The molecule has 0 saturated carbocycles. The van der Waals surface area contributed by atoms with Crippen LogP contribution in [0.4, 0.5) is 0 Å². The number of amides is 1. The van der Waals surface area contributed by atoms with Crippen LogP contribution in [0, 0.1) is 5.92 Å². The molecule has 2 unspecified atom stereocenters. The quantitative estimate of drug-likeness (QED) is 0.396. The lowest BCUT2D eigenvalue weighted by Crippen LogP contribution is -2.45. The molecule has 1 rings (SSSR count). The summed E-state index contributed by atoms with van der Waals surface area (Å²) in [5, 5.41) is 10.7. The highest BCUT2D eigenvalue weighted by Crippen LogP contribution is 2.24. The Labute approximate surface area is 141 Å². The van der Waals surface area contributed by atoms with Gasteiger partial charge in [-0.1, -0.05) is 50.3 Å². The van der Waals surface area contributed by atoms with Crippen LogP contribution >= 0.6 is 0 Å². The van der Waals surface area contributed by atoms with Crippen molar-refractivity contribution in [3.63, 3.8) is 0 Å². The van der Waals surface area contributed by atoms with E-state index in [0.717, 1.165) is 31.2 Å². The van der Waals surface area contributed by atoms with Gasteiger partial charge in [0.2, 0.25) is 5.91 Å². The van der Waals surface area contributed by atoms with E-state index in [1.54, 1.807) is 4.90 Å². The molecule has 0 fully saturated rings. The number of carbonyl (C=O) groups excluding carboxylic acids is 1. The van der Waals surface area contributed by atoms with Gasteiger partial charge in [-0.3, -0.25) is 4.79 Å². The van der Waals surface area contributed by atoms with Crippen LogP contribution in [0.25, 0.3) is 0 Å². The minimum atomic E-state index is -0.789. The van der Waals surface area contributed by atoms with Gasteiger partial charge in [0.05, 0.1) is 0 Å². The summed E-state index contributed by atoms with van der Waals surface area (Å²) in [5.41, 5.74) is 1.05. The van der Waals surface area contributed by atoms with E-state index in [0.29, 0.717) is 6.54 Å². The number of unbranched alkanes of at least 4 members (excludes halogenated alkanes) is 1. The Bertz CT molecular complexity index is 472. The second kappa shape index (κ2) is 10.2. The Morgan fingerprint density at radius 2 is 1.96 bits per heavy atom. The Balaban J connectivity index is 2.79. The molecule has 3 atom stereocenters. The van der Waals surface area contributed by atoms with Crippen LogP contribution in [0.15, 0.2) is 43.0 Å². The third kappa shape index (κ3) is 5.51. The molecule has 0 radical (unpaired) electrons. The van der Waals surface area contributed by atoms with Crippen molar-refractivity contribution in [2.24, 2.45) is 5.92 Å². The fraction of sp³-hybridized carbons (Fsp3) is 0.550. The molecule has 0 spiro atoms. The van der Waals surface area contributed by atoms with E-state index in [9.17, 15) is 9.90 Å². The second-order valence-corrected chi connectivity index (χ2v) is 6.06. The standard InChI is InChI=1S/C20H31NO2/c1-5-8-10-13-17(6-2)20(23)21(7-3)19(22)16(4)18-14-11-9-12-15-18/h5,9,11-12,14-17,19,22H,1,6-8,10,13H2,2-4H3/t16?,17-,19?/m1/s1. The van der Waals surface area contributed by atoms with E-state index in [1.165, 1.54) is 0 Å². The highest BCUT2D eigenvalue weighted by molar-refractivity contribution is 5.79. The van der Waals surface area contributed by atoms with Crippen LogP contribution in [0.1, 0.15) is 57.9 Å². The zero-order chi connectivity index (χ0) is 17.2. The van der Waals surface area contributed by atoms with E-state index < -0.39 is 6.23 Å². The molecule has 0 saturated heterocycles. The van der Waals surface area contributed by atoms with Crippen molar-refractivity contribution >= 4 is 5.91 Å². The zero-order valence-electron chi connectivity index (χ0n) is 14.7. The summed E-state index contributed by atoms with van der Waals surface area (Å²) in [6, 6.07) is 9.86. The lowest BCUT2D eigenvalue weighted by molar-refractivity contribution is -0.147. The van der Waals surface area contributed by atoms with Crippen molar-refractivity contribution in [3.05, 3.63) is 48.6 Å². The Hall–Kier alpha value is -1.61. The Kier molecular flexibility index (Phi) is 8.64. The summed E-state index contributed by atoms with van der Waals surface area (Å²) in [6.07, 6.45) is 4.65. The molecule has 3 heteroatoms. The van der Waals surface area contributed by atoms with Crippen molar-refractivity contribution < 1.29 is 9.90 Å². The van der Waals surface area contributed by atoms with Crippen LogP contribution in [0.2, 0.25) is 0 Å². The number of benzene rings is 1. The van der Waals surface area contributed by atoms with Gasteiger partial charge in [0.1, 0.15) is 6.23 Å². The normalized spacial score (nSPS) is 14.8. The maximum absolute atomic E-state index is 12.8. The molecular formula is C20H31NO2. The number of hydrogen-bond acceptors (Lipinski definition) is 2. The molecule has 1 amide bonds. The first-order valence-corrected chi connectivity index (χ1v) is 8.71. The van der Waals surface area contributed by atoms with Crippen molar-refractivity contribution in [2.45, 2.75) is 58.6 Å². The molecule has 1 aromatic carbocycles. The van der Waals surface area contributed by atoms with Gasteiger partial charge in [0.25, 0.3) is 0 Å². The minimum Gasteiger partial charge on any atom is -0.373 e. The van der Waals surface area contributed by atoms with Crippen molar-refractivity contribution in [1.29, 1.82) is 0 Å². The first-order chi connectivity index (χ1) is 11.1. The maximum Gasteiger partial charge on any atom is 0.227 e. The zero-order valence-corrected chi connectivity index (χ0v) is 14.7. The first-order valence-electron chi connectivity index (χ1n) is 8.71.